The fourth-order valence-corrected chi connectivity index (χ4v) is 1.63. The minimum atomic E-state index is -1.09. The lowest BCUT2D eigenvalue weighted by molar-refractivity contribution is -0.119. The first kappa shape index (κ1) is 14.6. The maximum Gasteiger partial charge on any atom is 0.216 e. The standard InChI is InChI=1S/C13H19NO4/c1-8-3-4-10(5-11(8)7-15)13(18)12(17)6-14-9(2)16/h3-5,12-13,15,17-18H,6-7H2,1-2H3,(H,14,16). The topological polar surface area (TPSA) is 89.8 Å². The average Bonchev–Trinajstić information content (AvgIpc) is 2.35. The molecule has 0 aromatic heterocycles. The maximum absolute atomic E-state index is 10.7. The molecule has 5 heteroatoms. The molecule has 1 rings (SSSR count). The SMILES string of the molecule is CC(=O)NCC(O)C(O)c1ccc(C)c(CO)c1. The number of hydrogen-bond donors (Lipinski definition) is 4. The smallest absolute Gasteiger partial charge is 0.216 e. The van der Waals surface area contributed by atoms with Gasteiger partial charge in [0.25, 0.3) is 0 Å². The van der Waals surface area contributed by atoms with Gasteiger partial charge in [0, 0.05) is 13.5 Å². The van der Waals surface area contributed by atoms with Crippen molar-refractivity contribution >= 4 is 5.91 Å². The van der Waals surface area contributed by atoms with Crippen LogP contribution in [0, 0.1) is 6.92 Å². The summed E-state index contributed by atoms with van der Waals surface area (Å²) < 4.78 is 0. The molecule has 18 heavy (non-hydrogen) atoms. The van der Waals surface area contributed by atoms with Crippen molar-refractivity contribution < 1.29 is 20.1 Å². The first-order chi connectivity index (χ1) is 8.45. The molecule has 0 aliphatic heterocycles. The fourth-order valence-electron chi connectivity index (χ4n) is 1.63. The van der Waals surface area contributed by atoms with Crippen molar-refractivity contribution in [1.82, 2.24) is 5.32 Å². The van der Waals surface area contributed by atoms with Crippen LogP contribution >= 0.6 is 0 Å². The number of rotatable bonds is 5. The van der Waals surface area contributed by atoms with Gasteiger partial charge in [-0.25, -0.2) is 0 Å². The van der Waals surface area contributed by atoms with Crippen LogP contribution in [0.2, 0.25) is 0 Å². The zero-order valence-corrected chi connectivity index (χ0v) is 10.6. The van der Waals surface area contributed by atoms with E-state index in [1.54, 1.807) is 18.2 Å². The molecule has 0 bridgehead atoms. The second kappa shape index (κ2) is 6.49. The van der Waals surface area contributed by atoms with Gasteiger partial charge in [-0.2, -0.15) is 0 Å². The van der Waals surface area contributed by atoms with Crippen molar-refractivity contribution in [3.8, 4) is 0 Å². The van der Waals surface area contributed by atoms with Crippen LogP contribution in [0.15, 0.2) is 18.2 Å². The van der Waals surface area contributed by atoms with Crippen molar-refractivity contribution in [3.63, 3.8) is 0 Å². The van der Waals surface area contributed by atoms with Crippen molar-refractivity contribution in [2.75, 3.05) is 6.54 Å². The number of carbonyl (C=O) groups is 1. The highest BCUT2D eigenvalue weighted by molar-refractivity contribution is 5.72. The Kier molecular flexibility index (Phi) is 5.27. The third-order valence-electron chi connectivity index (χ3n) is 2.81. The normalized spacial score (nSPS) is 14.1. The number of benzene rings is 1. The zero-order valence-electron chi connectivity index (χ0n) is 10.6. The van der Waals surface area contributed by atoms with E-state index >= 15 is 0 Å². The van der Waals surface area contributed by atoms with Crippen LogP contribution in [0.25, 0.3) is 0 Å². The summed E-state index contributed by atoms with van der Waals surface area (Å²) in [5, 5.41) is 31.2. The third-order valence-corrected chi connectivity index (χ3v) is 2.81. The Morgan fingerprint density at radius 2 is 2.06 bits per heavy atom. The molecule has 0 aliphatic rings. The van der Waals surface area contributed by atoms with Crippen LogP contribution in [-0.4, -0.2) is 33.9 Å². The summed E-state index contributed by atoms with van der Waals surface area (Å²) in [6, 6.07) is 5.11. The molecule has 0 radical (unpaired) electrons. The van der Waals surface area contributed by atoms with Crippen LogP contribution in [0.5, 0.6) is 0 Å². The van der Waals surface area contributed by atoms with Gasteiger partial charge in [0.1, 0.15) is 12.2 Å². The molecule has 0 fully saturated rings. The lowest BCUT2D eigenvalue weighted by Crippen LogP contribution is -2.34. The van der Waals surface area contributed by atoms with Crippen LogP contribution in [-0.2, 0) is 11.4 Å². The van der Waals surface area contributed by atoms with E-state index in [9.17, 15) is 15.0 Å². The summed E-state index contributed by atoms with van der Waals surface area (Å²) >= 11 is 0. The number of carbonyl (C=O) groups excluding carboxylic acids is 1. The second-order valence-corrected chi connectivity index (χ2v) is 4.29. The monoisotopic (exact) mass is 253 g/mol. The minimum Gasteiger partial charge on any atom is -0.392 e. The van der Waals surface area contributed by atoms with Crippen LogP contribution in [0.1, 0.15) is 29.7 Å². The number of aryl methyl sites for hydroxylation is 1. The average molecular weight is 253 g/mol. The van der Waals surface area contributed by atoms with Gasteiger partial charge in [0.15, 0.2) is 0 Å². The van der Waals surface area contributed by atoms with E-state index in [0.717, 1.165) is 5.56 Å². The lowest BCUT2D eigenvalue weighted by Gasteiger charge is -2.19. The fraction of sp³-hybridized carbons (Fsp3) is 0.462. The summed E-state index contributed by atoms with van der Waals surface area (Å²) in [5.74, 6) is -0.263. The van der Waals surface area contributed by atoms with Crippen LogP contribution in [0.3, 0.4) is 0 Å². The molecule has 1 aromatic rings. The van der Waals surface area contributed by atoms with Gasteiger partial charge in [0.2, 0.25) is 5.91 Å². The van der Waals surface area contributed by atoms with Gasteiger partial charge in [-0.3, -0.25) is 4.79 Å². The van der Waals surface area contributed by atoms with Crippen LogP contribution < -0.4 is 5.32 Å². The highest BCUT2D eigenvalue weighted by atomic mass is 16.3. The first-order valence-corrected chi connectivity index (χ1v) is 5.76. The van der Waals surface area contributed by atoms with E-state index < -0.39 is 12.2 Å². The Morgan fingerprint density at radius 1 is 1.39 bits per heavy atom. The van der Waals surface area contributed by atoms with Gasteiger partial charge in [0.05, 0.1) is 6.61 Å². The lowest BCUT2D eigenvalue weighted by atomic mass is 9.99. The van der Waals surface area contributed by atoms with Crippen molar-refractivity contribution in [2.24, 2.45) is 0 Å². The summed E-state index contributed by atoms with van der Waals surface area (Å²) in [6.07, 6.45) is -2.18. The summed E-state index contributed by atoms with van der Waals surface area (Å²) in [7, 11) is 0. The molecular weight excluding hydrogens is 234 g/mol. The zero-order chi connectivity index (χ0) is 13.7. The number of hydrogen-bond acceptors (Lipinski definition) is 4. The van der Waals surface area contributed by atoms with E-state index in [1.165, 1.54) is 6.92 Å². The molecule has 1 amide bonds. The molecule has 2 unspecified atom stereocenters. The number of aliphatic hydroxyl groups excluding tert-OH is 3. The summed E-state index contributed by atoms with van der Waals surface area (Å²) in [4.78, 5) is 10.7. The Labute approximate surface area is 106 Å². The highest BCUT2D eigenvalue weighted by Gasteiger charge is 2.19. The van der Waals surface area contributed by atoms with Crippen LogP contribution in [0.4, 0.5) is 0 Å². The van der Waals surface area contributed by atoms with E-state index in [0.29, 0.717) is 11.1 Å². The Hall–Kier alpha value is -1.43. The molecule has 1 aromatic carbocycles. The molecule has 0 saturated carbocycles. The molecule has 0 heterocycles. The van der Waals surface area contributed by atoms with Gasteiger partial charge in [-0.05, 0) is 23.6 Å². The quantitative estimate of drug-likeness (QED) is 0.595. The molecular formula is C13H19NO4. The predicted molar refractivity (Wildman–Crippen MR) is 66.8 cm³/mol. The first-order valence-electron chi connectivity index (χ1n) is 5.76. The largest absolute Gasteiger partial charge is 0.392 e. The molecule has 0 spiro atoms. The second-order valence-electron chi connectivity index (χ2n) is 4.29. The number of amides is 1. The van der Waals surface area contributed by atoms with Crippen molar-refractivity contribution in [1.29, 1.82) is 0 Å². The molecule has 2 atom stereocenters. The van der Waals surface area contributed by atoms with E-state index in [-0.39, 0.29) is 19.1 Å². The Balaban J connectivity index is 2.76. The molecule has 100 valence electrons. The van der Waals surface area contributed by atoms with Crippen molar-refractivity contribution in [3.05, 3.63) is 34.9 Å². The van der Waals surface area contributed by atoms with E-state index in [4.69, 9.17) is 5.11 Å². The Bertz CT molecular complexity index is 419. The van der Waals surface area contributed by atoms with Crippen molar-refractivity contribution in [2.45, 2.75) is 32.7 Å². The molecule has 5 nitrogen and oxygen atoms in total. The molecule has 0 saturated heterocycles. The minimum absolute atomic E-state index is 0.0150. The molecule has 0 aliphatic carbocycles. The van der Waals surface area contributed by atoms with Gasteiger partial charge >= 0.3 is 0 Å². The summed E-state index contributed by atoms with van der Waals surface area (Å²) in [6.45, 7) is 3.07. The number of aliphatic hydroxyl groups is 3. The van der Waals surface area contributed by atoms with E-state index in [1.807, 2.05) is 6.92 Å². The Morgan fingerprint density at radius 3 is 2.61 bits per heavy atom. The summed E-state index contributed by atoms with van der Waals surface area (Å²) in [5.41, 5.74) is 2.14. The number of nitrogens with one attached hydrogen (secondary N) is 1. The maximum atomic E-state index is 10.7. The van der Waals surface area contributed by atoms with Gasteiger partial charge in [-0.15, -0.1) is 0 Å². The third kappa shape index (κ3) is 3.80. The highest BCUT2D eigenvalue weighted by Crippen LogP contribution is 2.20. The predicted octanol–water partition coefficient (Wildman–Crippen LogP) is 0.0177. The van der Waals surface area contributed by atoms with Gasteiger partial charge in [-0.1, -0.05) is 18.2 Å². The van der Waals surface area contributed by atoms with Gasteiger partial charge < -0.3 is 20.6 Å². The van der Waals surface area contributed by atoms with E-state index in [2.05, 4.69) is 5.32 Å². The molecule has 4 N–H and O–H groups in total.